The van der Waals surface area contributed by atoms with Gasteiger partial charge in [-0.25, -0.2) is 9.89 Å². The summed E-state index contributed by atoms with van der Waals surface area (Å²) in [5.74, 6) is -1.08. The molecule has 0 aliphatic carbocycles. The normalized spacial score (nSPS) is 12.6. The quantitative estimate of drug-likeness (QED) is 0.687. The Bertz CT molecular complexity index is 428. The highest BCUT2D eigenvalue weighted by Crippen LogP contribution is 2.16. The van der Waals surface area contributed by atoms with Gasteiger partial charge >= 0.3 is 11.7 Å². The second-order valence-corrected chi connectivity index (χ2v) is 4.31. The second-order valence-electron chi connectivity index (χ2n) is 3.37. The second kappa shape index (κ2) is 6.45. The maximum absolute atomic E-state index is 11.5. The summed E-state index contributed by atoms with van der Waals surface area (Å²) in [6.07, 6.45) is 0. The van der Waals surface area contributed by atoms with Gasteiger partial charge in [0, 0.05) is 6.61 Å². The molecule has 0 radical (unpaired) electrons. The Morgan fingerprint density at radius 2 is 2.41 bits per heavy atom. The molecule has 0 spiro atoms. The number of aliphatic carboxylic acids is 1. The smallest absolute Gasteiger partial charge is 0.344 e. The number of hydrogen-bond acceptors (Lipinski definition) is 5. The zero-order valence-corrected chi connectivity index (χ0v) is 10.5. The van der Waals surface area contributed by atoms with E-state index in [9.17, 15) is 9.59 Å². The van der Waals surface area contributed by atoms with E-state index < -0.39 is 5.97 Å². The molecule has 7 nitrogen and oxygen atoms in total. The van der Waals surface area contributed by atoms with E-state index >= 15 is 0 Å². The number of hydrogen-bond donors (Lipinski definition) is 2. The van der Waals surface area contributed by atoms with Gasteiger partial charge < -0.3 is 9.84 Å². The van der Waals surface area contributed by atoms with E-state index in [-0.39, 0.29) is 17.5 Å². The van der Waals surface area contributed by atoms with Gasteiger partial charge in [-0.3, -0.25) is 9.36 Å². The lowest BCUT2D eigenvalue weighted by atomic mass is 10.4. The molecule has 8 heteroatoms. The van der Waals surface area contributed by atoms with Crippen LogP contribution in [0.1, 0.15) is 19.9 Å². The molecule has 0 saturated heterocycles. The molecule has 17 heavy (non-hydrogen) atoms. The molecule has 0 saturated carbocycles. The van der Waals surface area contributed by atoms with Crippen LogP contribution in [0.5, 0.6) is 0 Å². The number of rotatable bonds is 7. The topological polar surface area (TPSA) is 97.2 Å². The third-order valence-electron chi connectivity index (χ3n) is 2.00. The first kappa shape index (κ1) is 13.8. The minimum absolute atomic E-state index is 0.133. The van der Waals surface area contributed by atoms with Gasteiger partial charge in [-0.15, -0.1) is 5.10 Å². The minimum Gasteiger partial charge on any atom is -0.481 e. The molecule has 1 aromatic rings. The van der Waals surface area contributed by atoms with Crippen molar-refractivity contribution in [2.75, 3.05) is 19.0 Å². The number of carbonyl (C=O) groups is 1. The third-order valence-corrected chi connectivity index (χ3v) is 2.94. The van der Waals surface area contributed by atoms with E-state index in [1.807, 2.05) is 13.8 Å². The number of H-pyrrole nitrogens is 1. The van der Waals surface area contributed by atoms with Crippen molar-refractivity contribution < 1.29 is 14.6 Å². The largest absolute Gasteiger partial charge is 0.481 e. The van der Waals surface area contributed by atoms with Gasteiger partial charge in [0.25, 0.3) is 0 Å². The first-order valence-electron chi connectivity index (χ1n) is 5.15. The first-order valence-corrected chi connectivity index (χ1v) is 6.14. The van der Waals surface area contributed by atoms with Crippen molar-refractivity contribution in [2.45, 2.75) is 25.0 Å². The fourth-order valence-electron chi connectivity index (χ4n) is 1.27. The van der Waals surface area contributed by atoms with Crippen molar-refractivity contribution in [3.8, 4) is 0 Å². The zero-order valence-electron chi connectivity index (χ0n) is 9.67. The van der Waals surface area contributed by atoms with Crippen LogP contribution in [0, 0.1) is 0 Å². The standard InChI is InChI=1S/C9H15N3O4S/c1-3-16-4-6(2)12-8(15)10-11-9(12)17-5-7(13)14/h6H,3-5H2,1-2H3,(H,10,15)(H,13,14). The highest BCUT2D eigenvalue weighted by molar-refractivity contribution is 7.99. The van der Waals surface area contributed by atoms with Crippen LogP contribution in [0.4, 0.5) is 0 Å². The monoisotopic (exact) mass is 261 g/mol. The molecule has 96 valence electrons. The molecular formula is C9H15N3O4S. The fraction of sp³-hybridized carbons (Fsp3) is 0.667. The van der Waals surface area contributed by atoms with Crippen LogP contribution >= 0.6 is 11.8 Å². The van der Waals surface area contributed by atoms with Crippen molar-refractivity contribution in [1.29, 1.82) is 0 Å². The van der Waals surface area contributed by atoms with Gasteiger partial charge in [0.2, 0.25) is 0 Å². The first-order chi connectivity index (χ1) is 8.06. The Kier molecular flexibility index (Phi) is 5.23. The Balaban J connectivity index is 2.78. The molecule has 1 aromatic heterocycles. The number of nitrogens with zero attached hydrogens (tertiary/aromatic N) is 2. The predicted molar refractivity (Wildman–Crippen MR) is 62.4 cm³/mol. The lowest BCUT2D eigenvalue weighted by Crippen LogP contribution is -2.24. The maximum atomic E-state index is 11.5. The van der Waals surface area contributed by atoms with Crippen molar-refractivity contribution in [3.05, 3.63) is 10.5 Å². The number of ether oxygens (including phenoxy) is 1. The maximum Gasteiger partial charge on any atom is 0.344 e. The Labute approximate surface area is 102 Å². The van der Waals surface area contributed by atoms with Gasteiger partial charge in [-0.1, -0.05) is 11.8 Å². The van der Waals surface area contributed by atoms with Gasteiger partial charge in [0.15, 0.2) is 5.16 Å². The Morgan fingerprint density at radius 1 is 1.71 bits per heavy atom. The van der Waals surface area contributed by atoms with Crippen LogP contribution in [0.15, 0.2) is 9.95 Å². The Morgan fingerprint density at radius 3 is 3.00 bits per heavy atom. The molecule has 0 aliphatic rings. The molecule has 1 rings (SSSR count). The summed E-state index contributed by atoms with van der Waals surface area (Å²) in [7, 11) is 0. The molecule has 2 N–H and O–H groups in total. The molecule has 0 fully saturated rings. The number of carboxylic acid groups (broad SMARTS) is 1. The molecule has 1 unspecified atom stereocenters. The van der Waals surface area contributed by atoms with Crippen molar-refractivity contribution in [1.82, 2.24) is 14.8 Å². The van der Waals surface area contributed by atoms with Crippen LogP contribution in [-0.2, 0) is 9.53 Å². The number of nitrogens with one attached hydrogen (secondary N) is 1. The van der Waals surface area contributed by atoms with Crippen LogP contribution in [0.2, 0.25) is 0 Å². The summed E-state index contributed by atoms with van der Waals surface area (Å²) in [4.78, 5) is 22.0. The van der Waals surface area contributed by atoms with Crippen LogP contribution in [0.25, 0.3) is 0 Å². The highest BCUT2D eigenvalue weighted by Gasteiger charge is 2.16. The lowest BCUT2D eigenvalue weighted by molar-refractivity contribution is -0.133. The van der Waals surface area contributed by atoms with E-state index in [0.717, 1.165) is 11.8 Å². The Hall–Kier alpha value is -1.28. The highest BCUT2D eigenvalue weighted by atomic mass is 32.2. The average Bonchev–Trinajstić information content (AvgIpc) is 2.64. The van der Waals surface area contributed by atoms with E-state index in [4.69, 9.17) is 9.84 Å². The third kappa shape index (κ3) is 3.90. The molecule has 0 amide bonds. The summed E-state index contributed by atoms with van der Waals surface area (Å²) in [5, 5.41) is 15.0. The van der Waals surface area contributed by atoms with Gasteiger partial charge in [-0.2, -0.15) is 0 Å². The van der Waals surface area contributed by atoms with Crippen molar-refractivity contribution in [2.24, 2.45) is 0 Å². The summed E-state index contributed by atoms with van der Waals surface area (Å²) in [6.45, 7) is 4.63. The molecule has 0 bridgehead atoms. The molecular weight excluding hydrogens is 246 g/mol. The van der Waals surface area contributed by atoms with E-state index in [2.05, 4.69) is 10.2 Å². The van der Waals surface area contributed by atoms with Gasteiger partial charge in [0.1, 0.15) is 0 Å². The fourth-order valence-corrected chi connectivity index (χ4v) is 2.03. The summed E-state index contributed by atoms with van der Waals surface area (Å²) < 4.78 is 6.63. The average molecular weight is 261 g/mol. The summed E-state index contributed by atoms with van der Waals surface area (Å²) >= 11 is 1.00. The summed E-state index contributed by atoms with van der Waals surface area (Å²) in [5.41, 5.74) is -0.356. The number of carboxylic acids is 1. The zero-order chi connectivity index (χ0) is 12.8. The van der Waals surface area contributed by atoms with Crippen LogP contribution in [0.3, 0.4) is 0 Å². The molecule has 0 aliphatic heterocycles. The number of aromatic amines is 1. The van der Waals surface area contributed by atoms with E-state index in [1.54, 1.807) is 0 Å². The lowest BCUT2D eigenvalue weighted by Gasteiger charge is -2.13. The van der Waals surface area contributed by atoms with Crippen molar-refractivity contribution in [3.63, 3.8) is 0 Å². The van der Waals surface area contributed by atoms with Gasteiger partial charge in [0.05, 0.1) is 18.4 Å². The van der Waals surface area contributed by atoms with E-state index in [1.165, 1.54) is 4.57 Å². The summed E-state index contributed by atoms with van der Waals surface area (Å²) in [6, 6.07) is -0.183. The van der Waals surface area contributed by atoms with Crippen LogP contribution < -0.4 is 5.69 Å². The minimum atomic E-state index is -0.950. The number of thioether (sulfide) groups is 1. The molecule has 1 atom stereocenters. The van der Waals surface area contributed by atoms with Crippen molar-refractivity contribution >= 4 is 17.7 Å². The van der Waals surface area contributed by atoms with E-state index in [0.29, 0.717) is 18.4 Å². The van der Waals surface area contributed by atoms with Crippen LogP contribution in [-0.4, -0.2) is 44.8 Å². The predicted octanol–water partition coefficient (Wildman–Crippen LogP) is 0.346. The SMILES string of the molecule is CCOCC(C)n1c(SCC(=O)O)n[nH]c1=O. The molecule has 0 aromatic carbocycles. The number of aromatic nitrogens is 3. The van der Waals surface area contributed by atoms with Gasteiger partial charge in [-0.05, 0) is 13.8 Å². The molecule has 1 heterocycles.